The van der Waals surface area contributed by atoms with Crippen LogP contribution in [0.3, 0.4) is 0 Å². The number of rotatable bonds is 14. The molecule has 0 heterocycles. The summed E-state index contributed by atoms with van der Waals surface area (Å²) in [6.45, 7) is 4.44. The predicted octanol–water partition coefficient (Wildman–Crippen LogP) is 5.75. The third-order valence-electron chi connectivity index (χ3n) is 5.17. The van der Waals surface area contributed by atoms with Gasteiger partial charge in [-0.05, 0) is 30.4 Å². The van der Waals surface area contributed by atoms with Crippen molar-refractivity contribution in [1.29, 1.82) is 0 Å². The highest BCUT2D eigenvalue weighted by atomic mass is 16.9. The summed E-state index contributed by atoms with van der Waals surface area (Å²) in [5.74, 6) is -0.793. The van der Waals surface area contributed by atoms with Crippen molar-refractivity contribution in [3.8, 4) is 0 Å². The lowest BCUT2D eigenvalue weighted by atomic mass is 9.90. The van der Waals surface area contributed by atoms with Gasteiger partial charge in [0.15, 0.2) is 0 Å². The largest absolute Gasteiger partial charge is 0.331 e. The summed E-state index contributed by atoms with van der Waals surface area (Å²) >= 11 is 0. The molecular formula is C22H38O3. The Morgan fingerprint density at radius 1 is 0.760 bits per heavy atom. The molecule has 144 valence electrons. The predicted molar refractivity (Wildman–Crippen MR) is 105 cm³/mol. The minimum atomic E-state index is -0.965. The maximum Gasteiger partial charge on any atom is 0.285 e. The highest BCUT2D eigenvalue weighted by Crippen LogP contribution is 2.31. The van der Waals surface area contributed by atoms with Gasteiger partial charge in [-0.1, -0.05) is 76.6 Å². The van der Waals surface area contributed by atoms with Crippen molar-refractivity contribution in [2.24, 2.45) is 5.92 Å². The second-order valence-electron chi connectivity index (χ2n) is 6.84. The van der Waals surface area contributed by atoms with Crippen LogP contribution < -0.4 is 0 Å². The Labute approximate surface area is 155 Å². The smallest absolute Gasteiger partial charge is 0.285 e. The van der Waals surface area contributed by atoms with E-state index in [-0.39, 0.29) is 5.92 Å². The molecular weight excluding hydrogens is 312 g/mol. The summed E-state index contributed by atoms with van der Waals surface area (Å²) in [5, 5.41) is 0. The molecule has 0 aromatic heterocycles. The minimum absolute atomic E-state index is 0.172. The third kappa shape index (κ3) is 7.08. The van der Waals surface area contributed by atoms with E-state index in [1.807, 2.05) is 0 Å². The van der Waals surface area contributed by atoms with Crippen molar-refractivity contribution >= 4 is 0 Å². The van der Waals surface area contributed by atoms with Gasteiger partial charge in [0.05, 0.1) is 0 Å². The topological polar surface area (TPSA) is 27.7 Å². The monoisotopic (exact) mass is 350 g/mol. The molecule has 0 fully saturated rings. The lowest BCUT2D eigenvalue weighted by molar-refractivity contribution is -0.379. The molecule has 1 rings (SSSR count). The summed E-state index contributed by atoms with van der Waals surface area (Å²) in [6.07, 6.45) is 10.7. The van der Waals surface area contributed by atoms with Crippen LogP contribution in [-0.4, -0.2) is 27.3 Å². The van der Waals surface area contributed by atoms with Crippen molar-refractivity contribution in [3.63, 3.8) is 0 Å². The van der Waals surface area contributed by atoms with E-state index < -0.39 is 5.97 Å². The first kappa shape index (κ1) is 22.1. The van der Waals surface area contributed by atoms with E-state index in [9.17, 15) is 0 Å². The fraction of sp³-hybridized carbons (Fsp3) is 0.727. The van der Waals surface area contributed by atoms with Crippen molar-refractivity contribution < 1.29 is 14.2 Å². The summed E-state index contributed by atoms with van der Waals surface area (Å²) in [6, 6.07) is 8.87. The Hall–Kier alpha value is -0.900. The molecule has 1 unspecified atom stereocenters. The van der Waals surface area contributed by atoms with Gasteiger partial charge in [0.1, 0.15) is 0 Å². The fourth-order valence-electron chi connectivity index (χ4n) is 3.52. The SMILES string of the molecule is CCCCCCCCC(Cc1ccc(CC)cc1)C(OC)(OC)OC. The van der Waals surface area contributed by atoms with E-state index in [0.717, 1.165) is 19.3 Å². The maximum atomic E-state index is 5.67. The first-order valence-electron chi connectivity index (χ1n) is 9.88. The number of benzene rings is 1. The van der Waals surface area contributed by atoms with Crippen molar-refractivity contribution in [2.75, 3.05) is 21.3 Å². The molecule has 0 radical (unpaired) electrons. The Balaban J connectivity index is 2.72. The highest BCUT2D eigenvalue weighted by molar-refractivity contribution is 5.23. The average Bonchev–Trinajstić information content (AvgIpc) is 2.66. The second kappa shape index (κ2) is 12.5. The van der Waals surface area contributed by atoms with Crippen LogP contribution in [0.25, 0.3) is 0 Å². The molecule has 0 aliphatic heterocycles. The second-order valence-corrected chi connectivity index (χ2v) is 6.84. The third-order valence-corrected chi connectivity index (χ3v) is 5.17. The summed E-state index contributed by atoms with van der Waals surface area (Å²) in [5.41, 5.74) is 2.68. The molecule has 25 heavy (non-hydrogen) atoms. The van der Waals surface area contributed by atoms with E-state index in [4.69, 9.17) is 14.2 Å². The molecule has 0 aliphatic rings. The zero-order valence-corrected chi connectivity index (χ0v) is 17.0. The quantitative estimate of drug-likeness (QED) is 0.316. The Kier molecular flexibility index (Phi) is 11.0. The fourth-order valence-corrected chi connectivity index (χ4v) is 3.52. The van der Waals surface area contributed by atoms with E-state index >= 15 is 0 Å². The average molecular weight is 351 g/mol. The van der Waals surface area contributed by atoms with Crippen LogP contribution in [0.15, 0.2) is 24.3 Å². The number of hydrogen-bond acceptors (Lipinski definition) is 3. The lowest BCUT2D eigenvalue weighted by Gasteiger charge is -2.36. The van der Waals surface area contributed by atoms with Gasteiger partial charge < -0.3 is 14.2 Å². The van der Waals surface area contributed by atoms with Crippen LogP contribution in [0.4, 0.5) is 0 Å². The van der Waals surface area contributed by atoms with Gasteiger partial charge in [0, 0.05) is 27.2 Å². The zero-order chi connectivity index (χ0) is 18.5. The first-order valence-corrected chi connectivity index (χ1v) is 9.88. The molecule has 3 nitrogen and oxygen atoms in total. The van der Waals surface area contributed by atoms with Crippen LogP contribution in [-0.2, 0) is 27.1 Å². The maximum absolute atomic E-state index is 5.67. The minimum Gasteiger partial charge on any atom is -0.331 e. The molecule has 0 amide bonds. The molecule has 0 bridgehead atoms. The normalized spacial score (nSPS) is 13.2. The number of aryl methyl sites for hydroxylation is 1. The summed E-state index contributed by atoms with van der Waals surface area (Å²) in [4.78, 5) is 0. The number of methoxy groups -OCH3 is 3. The summed E-state index contributed by atoms with van der Waals surface area (Å²) < 4.78 is 17.0. The molecule has 0 saturated heterocycles. The lowest BCUT2D eigenvalue weighted by Crippen LogP contribution is -2.45. The summed E-state index contributed by atoms with van der Waals surface area (Å²) in [7, 11) is 5.00. The molecule has 0 spiro atoms. The van der Waals surface area contributed by atoms with Crippen LogP contribution in [0, 0.1) is 5.92 Å². The van der Waals surface area contributed by atoms with E-state index in [1.165, 1.54) is 49.7 Å². The zero-order valence-electron chi connectivity index (χ0n) is 17.0. The Morgan fingerprint density at radius 2 is 1.28 bits per heavy atom. The van der Waals surface area contributed by atoms with Gasteiger partial charge >= 0.3 is 0 Å². The van der Waals surface area contributed by atoms with Gasteiger partial charge in [-0.3, -0.25) is 0 Å². The van der Waals surface area contributed by atoms with E-state index in [2.05, 4.69) is 38.1 Å². The number of unbranched alkanes of at least 4 members (excludes halogenated alkanes) is 5. The van der Waals surface area contributed by atoms with Crippen LogP contribution in [0.5, 0.6) is 0 Å². The number of hydrogen-bond donors (Lipinski definition) is 0. The molecule has 0 aliphatic carbocycles. The Morgan fingerprint density at radius 3 is 1.80 bits per heavy atom. The van der Waals surface area contributed by atoms with Crippen molar-refractivity contribution in [1.82, 2.24) is 0 Å². The molecule has 1 aromatic rings. The van der Waals surface area contributed by atoms with Gasteiger partial charge in [0.25, 0.3) is 5.97 Å². The highest BCUT2D eigenvalue weighted by Gasteiger charge is 2.39. The molecule has 0 saturated carbocycles. The molecule has 3 heteroatoms. The Bertz CT molecular complexity index is 429. The van der Waals surface area contributed by atoms with E-state index in [0.29, 0.717) is 0 Å². The van der Waals surface area contributed by atoms with Crippen LogP contribution in [0.2, 0.25) is 0 Å². The van der Waals surface area contributed by atoms with Gasteiger partial charge in [-0.2, -0.15) is 0 Å². The first-order chi connectivity index (χ1) is 12.2. The molecule has 1 aromatic carbocycles. The molecule has 0 N–H and O–H groups in total. The number of ether oxygens (including phenoxy) is 3. The van der Waals surface area contributed by atoms with Gasteiger partial charge in [0.2, 0.25) is 0 Å². The van der Waals surface area contributed by atoms with Gasteiger partial charge in [-0.25, -0.2) is 0 Å². The van der Waals surface area contributed by atoms with Crippen LogP contribution in [0.1, 0.15) is 69.9 Å². The van der Waals surface area contributed by atoms with Crippen molar-refractivity contribution in [3.05, 3.63) is 35.4 Å². The van der Waals surface area contributed by atoms with Gasteiger partial charge in [-0.15, -0.1) is 0 Å². The van der Waals surface area contributed by atoms with Crippen LogP contribution >= 0.6 is 0 Å². The van der Waals surface area contributed by atoms with E-state index in [1.54, 1.807) is 21.3 Å². The van der Waals surface area contributed by atoms with Crippen molar-refractivity contribution in [2.45, 2.75) is 77.6 Å². The standard InChI is InChI=1S/C22H38O3/c1-6-8-9-10-11-12-13-21(22(23-3,24-4)25-5)18-20-16-14-19(7-2)15-17-20/h14-17,21H,6-13,18H2,1-5H3. The molecule has 1 atom stereocenters.